The normalized spacial score (nSPS) is 10.5. The van der Waals surface area contributed by atoms with Crippen molar-refractivity contribution in [2.45, 2.75) is 19.4 Å². The molecule has 1 heterocycles. The summed E-state index contributed by atoms with van der Waals surface area (Å²) in [5.41, 5.74) is 1.56. The van der Waals surface area contributed by atoms with Crippen molar-refractivity contribution in [2.24, 2.45) is 0 Å². The van der Waals surface area contributed by atoms with Gasteiger partial charge in [-0.3, -0.25) is 4.79 Å². The molecule has 0 aliphatic heterocycles. The van der Waals surface area contributed by atoms with Gasteiger partial charge in [-0.15, -0.1) is 0 Å². The lowest BCUT2D eigenvalue weighted by molar-refractivity contribution is -0.121. The van der Waals surface area contributed by atoms with Crippen LogP contribution in [0.5, 0.6) is 5.75 Å². The fourth-order valence-electron chi connectivity index (χ4n) is 2.41. The number of amides is 1. The Bertz CT molecular complexity index is 878. The zero-order valence-electron chi connectivity index (χ0n) is 14.2. The number of rotatable bonds is 7. The third-order valence-corrected chi connectivity index (χ3v) is 3.78. The van der Waals surface area contributed by atoms with Crippen molar-refractivity contribution in [2.75, 3.05) is 7.11 Å². The quantitative estimate of drug-likeness (QED) is 0.704. The first-order chi connectivity index (χ1) is 12.7. The summed E-state index contributed by atoms with van der Waals surface area (Å²) >= 11 is 0. The molecule has 0 bridgehead atoms. The van der Waals surface area contributed by atoms with E-state index < -0.39 is 0 Å². The van der Waals surface area contributed by atoms with Crippen molar-refractivity contribution in [1.82, 2.24) is 15.5 Å². The van der Waals surface area contributed by atoms with Gasteiger partial charge in [0.2, 0.25) is 17.6 Å². The number of benzene rings is 2. The van der Waals surface area contributed by atoms with E-state index in [1.165, 1.54) is 12.1 Å². The van der Waals surface area contributed by atoms with E-state index in [0.717, 1.165) is 11.1 Å². The first-order valence-corrected chi connectivity index (χ1v) is 8.13. The fraction of sp³-hybridized carbons (Fsp3) is 0.211. The van der Waals surface area contributed by atoms with Crippen LogP contribution < -0.4 is 10.1 Å². The molecule has 26 heavy (non-hydrogen) atoms. The summed E-state index contributed by atoms with van der Waals surface area (Å²) in [5.74, 6) is 0.998. The minimum atomic E-state index is -0.303. The Kier molecular flexibility index (Phi) is 5.58. The molecule has 1 N–H and O–H groups in total. The molecule has 0 aliphatic rings. The number of carbonyl (C=O) groups is 1. The molecule has 6 nitrogen and oxygen atoms in total. The molecule has 0 unspecified atom stereocenters. The van der Waals surface area contributed by atoms with E-state index in [9.17, 15) is 9.18 Å². The number of hydrogen-bond donors (Lipinski definition) is 1. The molecule has 1 amide bonds. The molecular weight excluding hydrogens is 337 g/mol. The van der Waals surface area contributed by atoms with Gasteiger partial charge < -0.3 is 14.6 Å². The predicted molar refractivity (Wildman–Crippen MR) is 92.9 cm³/mol. The van der Waals surface area contributed by atoms with Crippen LogP contribution in [0.1, 0.15) is 17.9 Å². The van der Waals surface area contributed by atoms with E-state index in [2.05, 4.69) is 15.5 Å². The van der Waals surface area contributed by atoms with Gasteiger partial charge in [0, 0.05) is 19.4 Å². The number of para-hydroxylation sites is 1. The maximum Gasteiger partial charge on any atom is 0.227 e. The second-order valence-electron chi connectivity index (χ2n) is 5.62. The number of nitrogens with zero attached hydrogens (tertiary/aromatic N) is 2. The second kappa shape index (κ2) is 8.24. The van der Waals surface area contributed by atoms with Gasteiger partial charge in [0.1, 0.15) is 11.6 Å². The van der Waals surface area contributed by atoms with Crippen LogP contribution in [0.3, 0.4) is 0 Å². The highest BCUT2D eigenvalue weighted by Crippen LogP contribution is 2.27. The molecule has 1 aromatic heterocycles. The minimum Gasteiger partial charge on any atom is -0.496 e. The van der Waals surface area contributed by atoms with Crippen molar-refractivity contribution < 1.29 is 18.4 Å². The molecule has 7 heteroatoms. The number of nitrogens with one attached hydrogen (secondary N) is 1. The first-order valence-electron chi connectivity index (χ1n) is 8.13. The SMILES string of the molecule is COc1ccccc1-c1noc(CCC(=O)NCc2ccc(F)cc2)n1. The van der Waals surface area contributed by atoms with E-state index in [0.29, 0.717) is 30.4 Å². The summed E-state index contributed by atoms with van der Waals surface area (Å²) in [6, 6.07) is 13.3. The Morgan fingerprint density at radius 2 is 1.96 bits per heavy atom. The lowest BCUT2D eigenvalue weighted by Gasteiger charge is -2.04. The van der Waals surface area contributed by atoms with Crippen LogP contribution in [0, 0.1) is 5.82 Å². The Morgan fingerprint density at radius 3 is 2.73 bits per heavy atom. The van der Waals surface area contributed by atoms with Gasteiger partial charge in [-0.1, -0.05) is 29.4 Å². The summed E-state index contributed by atoms with van der Waals surface area (Å²) in [5, 5.41) is 6.72. The molecule has 0 aliphatic carbocycles. The van der Waals surface area contributed by atoms with Gasteiger partial charge in [-0.05, 0) is 29.8 Å². The van der Waals surface area contributed by atoms with E-state index in [4.69, 9.17) is 9.26 Å². The van der Waals surface area contributed by atoms with Crippen molar-refractivity contribution >= 4 is 5.91 Å². The van der Waals surface area contributed by atoms with Crippen LogP contribution in [0.25, 0.3) is 11.4 Å². The molecule has 0 atom stereocenters. The second-order valence-corrected chi connectivity index (χ2v) is 5.62. The monoisotopic (exact) mass is 355 g/mol. The smallest absolute Gasteiger partial charge is 0.227 e. The maximum atomic E-state index is 12.8. The van der Waals surface area contributed by atoms with Crippen LogP contribution in [0.2, 0.25) is 0 Å². The standard InChI is InChI=1S/C19H18FN3O3/c1-25-16-5-3-2-4-15(16)19-22-18(26-23-19)11-10-17(24)21-12-13-6-8-14(20)9-7-13/h2-9H,10-12H2,1H3,(H,21,24). The highest BCUT2D eigenvalue weighted by Gasteiger charge is 2.13. The molecule has 2 aromatic carbocycles. The minimum absolute atomic E-state index is 0.147. The third-order valence-electron chi connectivity index (χ3n) is 3.78. The van der Waals surface area contributed by atoms with Crippen LogP contribution in [0.4, 0.5) is 4.39 Å². The summed E-state index contributed by atoms with van der Waals surface area (Å²) in [4.78, 5) is 16.2. The molecule has 0 fully saturated rings. The van der Waals surface area contributed by atoms with Crippen molar-refractivity contribution in [3.8, 4) is 17.1 Å². The number of aromatic nitrogens is 2. The topological polar surface area (TPSA) is 77.2 Å². The lowest BCUT2D eigenvalue weighted by Crippen LogP contribution is -2.23. The largest absolute Gasteiger partial charge is 0.496 e. The molecule has 3 aromatic rings. The van der Waals surface area contributed by atoms with Crippen molar-refractivity contribution in [3.05, 3.63) is 65.8 Å². The average Bonchev–Trinajstić information content (AvgIpc) is 3.14. The Hall–Kier alpha value is -3.22. The third kappa shape index (κ3) is 4.44. The van der Waals surface area contributed by atoms with Gasteiger partial charge in [0.25, 0.3) is 0 Å². The average molecular weight is 355 g/mol. The highest BCUT2D eigenvalue weighted by molar-refractivity contribution is 5.76. The molecule has 3 rings (SSSR count). The van der Waals surface area contributed by atoms with Gasteiger partial charge in [0.15, 0.2) is 0 Å². The Morgan fingerprint density at radius 1 is 1.19 bits per heavy atom. The highest BCUT2D eigenvalue weighted by atomic mass is 19.1. The summed E-state index contributed by atoms with van der Waals surface area (Å²) in [6.45, 7) is 0.343. The molecule has 0 radical (unpaired) electrons. The number of halogens is 1. The zero-order chi connectivity index (χ0) is 18.4. The van der Waals surface area contributed by atoms with E-state index in [1.807, 2.05) is 24.3 Å². The van der Waals surface area contributed by atoms with E-state index in [-0.39, 0.29) is 18.1 Å². The van der Waals surface area contributed by atoms with Gasteiger partial charge in [-0.25, -0.2) is 4.39 Å². The van der Waals surface area contributed by atoms with Crippen LogP contribution in [0.15, 0.2) is 53.1 Å². The molecule has 0 spiro atoms. The van der Waals surface area contributed by atoms with Gasteiger partial charge >= 0.3 is 0 Å². The number of carbonyl (C=O) groups excluding carboxylic acids is 1. The number of methoxy groups -OCH3 is 1. The van der Waals surface area contributed by atoms with Gasteiger partial charge in [-0.2, -0.15) is 4.98 Å². The number of ether oxygens (including phenoxy) is 1. The Labute approximate surface area is 150 Å². The zero-order valence-corrected chi connectivity index (χ0v) is 14.2. The van der Waals surface area contributed by atoms with Crippen LogP contribution in [-0.4, -0.2) is 23.2 Å². The van der Waals surface area contributed by atoms with Crippen LogP contribution in [-0.2, 0) is 17.8 Å². The van der Waals surface area contributed by atoms with E-state index in [1.54, 1.807) is 19.2 Å². The number of aryl methyl sites for hydroxylation is 1. The van der Waals surface area contributed by atoms with Crippen LogP contribution >= 0.6 is 0 Å². The molecule has 0 saturated carbocycles. The number of hydrogen-bond acceptors (Lipinski definition) is 5. The first kappa shape index (κ1) is 17.6. The van der Waals surface area contributed by atoms with Crippen molar-refractivity contribution in [1.29, 1.82) is 0 Å². The van der Waals surface area contributed by atoms with E-state index >= 15 is 0 Å². The maximum absolute atomic E-state index is 12.8. The summed E-state index contributed by atoms with van der Waals surface area (Å²) in [7, 11) is 1.57. The Balaban J connectivity index is 1.53. The van der Waals surface area contributed by atoms with Gasteiger partial charge in [0.05, 0.1) is 12.7 Å². The summed E-state index contributed by atoms with van der Waals surface area (Å²) < 4.78 is 23.3. The molecular formula is C19H18FN3O3. The molecule has 134 valence electrons. The summed E-state index contributed by atoms with van der Waals surface area (Å²) in [6.07, 6.45) is 0.548. The molecule has 0 saturated heterocycles. The van der Waals surface area contributed by atoms with Crippen molar-refractivity contribution in [3.63, 3.8) is 0 Å². The predicted octanol–water partition coefficient (Wildman–Crippen LogP) is 3.13. The fourth-order valence-corrected chi connectivity index (χ4v) is 2.41. The lowest BCUT2D eigenvalue weighted by atomic mass is 10.2.